The summed E-state index contributed by atoms with van der Waals surface area (Å²) < 4.78 is 5.15. The van der Waals surface area contributed by atoms with Gasteiger partial charge < -0.3 is 20.5 Å². The van der Waals surface area contributed by atoms with Crippen LogP contribution in [0.3, 0.4) is 0 Å². The van der Waals surface area contributed by atoms with Crippen LogP contribution in [0.25, 0.3) is 0 Å². The van der Waals surface area contributed by atoms with E-state index in [0.29, 0.717) is 27.5 Å². The molecule has 0 spiro atoms. The average Bonchev–Trinajstić information content (AvgIpc) is 2.73. The number of nitrogens with one attached hydrogen (secondary N) is 3. The number of rotatable bonds is 6. The van der Waals surface area contributed by atoms with Crippen molar-refractivity contribution in [2.45, 2.75) is 13.0 Å². The van der Waals surface area contributed by atoms with E-state index in [1.54, 1.807) is 19.1 Å². The summed E-state index contributed by atoms with van der Waals surface area (Å²) in [6.45, 7) is 1.72. The Balaban J connectivity index is 1.82. The van der Waals surface area contributed by atoms with E-state index in [9.17, 15) is 20.0 Å². The van der Waals surface area contributed by atoms with Crippen LogP contribution in [-0.4, -0.2) is 34.4 Å². The molecule has 1 atom stereocenters. The van der Waals surface area contributed by atoms with E-state index in [4.69, 9.17) is 17.0 Å². The van der Waals surface area contributed by atoms with E-state index in [1.807, 2.05) is 0 Å². The zero-order valence-electron chi connectivity index (χ0n) is 16.6. The second-order valence-corrected chi connectivity index (χ2v) is 6.96. The molecule has 2 aromatic carbocycles. The van der Waals surface area contributed by atoms with Crippen LogP contribution < -0.4 is 20.8 Å². The van der Waals surface area contributed by atoms with Crippen molar-refractivity contribution >= 4 is 35.1 Å². The van der Waals surface area contributed by atoms with Gasteiger partial charge in [0, 0.05) is 17.8 Å². The van der Waals surface area contributed by atoms with Gasteiger partial charge in [-0.2, -0.15) is 5.10 Å². The number of amides is 1. The monoisotopic (exact) mass is 441 g/mol. The van der Waals surface area contributed by atoms with Crippen molar-refractivity contribution in [2.24, 2.45) is 5.10 Å². The number of benzene rings is 2. The standard InChI is InChI=1S/C20H19N5O5S/c1-11-17(19(27)24-21-10-12-3-6-14(7-4-12)25(28)29)18(23-20(31)22-11)13-5-8-15(26)16(9-13)30-2/h3-10,18,26H,1-2H3,(H,24,27)(H2,22,23,31)/b21-10+. The van der Waals surface area contributed by atoms with Crippen molar-refractivity contribution < 1.29 is 19.6 Å². The molecule has 1 unspecified atom stereocenters. The zero-order valence-corrected chi connectivity index (χ0v) is 17.4. The van der Waals surface area contributed by atoms with Crippen LogP contribution in [-0.2, 0) is 4.79 Å². The first-order chi connectivity index (χ1) is 14.8. The average molecular weight is 441 g/mol. The fraction of sp³-hybridized carbons (Fsp3) is 0.150. The molecule has 0 saturated heterocycles. The van der Waals surface area contributed by atoms with Gasteiger partial charge in [-0.15, -0.1) is 0 Å². The molecule has 0 saturated carbocycles. The van der Waals surface area contributed by atoms with Gasteiger partial charge in [0.2, 0.25) is 0 Å². The number of nitro benzene ring substituents is 1. The largest absolute Gasteiger partial charge is 0.504 e. The Kier molecular flexibility index (Phi) is 6.46. The van der Waals surface area contributed by atoms with Gasteiger partial charge in [-0.05, 0) is 54.5 Å². The Morgan fingerprint density at radius 1 is 1.32 bits per heavy atom. The predicted molar refractivity (Wildman–Crippen MR) is 118 cm³/mol. The molecule has 0 aliphatic carbocycles. The highest BCUT2D eigenvalue weighted by atomic mass is 32.1. The smallest absolute Gasteiger partial charge is 0.271 e. The Bertz CT molecular complexity index is 1100. The molecule has 160 valence electrons. The van der Waals surface area contributed by atoms with Crippen LogP contribution in [0, 0.1) is 10.1 Å². The Morgan fingerprint density at radius 3 is 2.68 bits per heavy atom. The number of nitrogens with zero attached hydrogens (tertiary/aromatic N) is 2. The first-order valence-electron chi connectivity index (χ1n) is 9.03. The number of thiocarbonyl (C=S) groups is 1. The summed E-state index contributed by atoms with van der Waals surface area (Å²) >= 11 is 5.22. The third kappa shape index (κ3) is 4.95. The van der Waals surface area contributed by atoms with Crippen LogP contribution in [0.2, 0.25) is 0 Å². The van der Waals surface area contributed by atoms with E-state index in [-0.39, 0.29) is 17.2 Å². The number of ether oxygens (including phenoxy) is 1. The van der Waals surface area contributed by atoms with Crippen molar-refractivity contribution in [1.82, 2.24) is 16.1 Å². The Morgan fingerprint density at radius 2 is 2.03 bits per heavy atom. The number of hydrazone groups is 1. The first kappa shape index (κ1) is 21.7. The topological polar surface area (TPSA) is 138 Å². The predicted octanol–water partition coefficient (Wildman–Crippen LogP) is 2.25. The number of allylic oxidation sites excluding steroid dienone is 1. The minimum atomic E-state index is -0.599. The number of non-ortho nitro benzene ring substituents is 1. The summed E-state index contributed by atoms with van der Waals surface area (Å²) in [4.78, 5) is 23.1. The summed E-state index contributed by atoms with van der Waals surface area (Å²) in [7, 11) is 1.43. The van der Waals surface area contributed by atoms with Gasteiger partial charge in [-0.3, -0.25) is 14.9 Å². The lowest BCUT2D eigenvalue weighted by Crippen LogP contribution is -2.46. The second-order valence-electron chi connectivity index (χ2n) is 6.55. The highest BCUT2D eigenvalue weighted by molar-refractivity contribution is 7.80. The summed E-state index contributed by atoms with van der Waals surface area (Å²) in [6, 6.07) is 9.88. The van der Waals surface area contributed by atoms with E-state index in [2.05, 4.69) is 21.2 Å². The summed E-state index contributed by atoms with van der Waals surface area (Å²) in [6.07, 6.45) is 1.38. The quantitative estimate of drug-likeness (QED) is 0.232. The van der Waals surface area contributed by atoms with E-state index < -0.39 is 16.9 Å². The number of phenolic OH excluding ortho intramolecular Hbond substituents is 1. The van der Waals surface area contributed by atoms with E-state index >= 15 is 0 Å². The molecule has 0 fully saturated rings. The van der Waals surface area contributed by atoms with Gasteiger partial charge in [0.1, 0.15) is 0 Å². The minimum absolute atomic E-state index is 0.0258. The second kappa shape index (κ2) is 9.22. The number of methoxy groups -OCH3 is 1. The summed E-state index contributed by atoms with van der Waals surface area (Å²) in [5.74, 6) is -0.241. The molecule has 10 nitrogen and oxygen atoms in total. The molecule has 3 rings (SSSR count). The molecule has 0 radical (unpaired) electrons. The number of nitro groups is 1. The lowest BCUT2D eigenvalue weighted by Gasteiger charge is -2.30. The zero-order chi connectivity index (χ0) is 22.5. The lowest BCUT2D eigenvalue weighted by atomic mass is 9.95. The van der Waals surface area contributed by atoms with Gasteiger partial charge in [-0.25, -0.2) is 5.43 Å². The van der Waals surface area contributed by atoms with E-state index in [0.717, 1.165) is 0 Å². The first-order valence-corrected chi connectivity index (χ1v) is 9.44. The van der Waals surface area contributed by atoms with Crippen LogP contribution in [0.5, 0.6) is 11.5 Å². The molecule has 4 N–H and O–H groups in total. The number of carbonyl (C=O) groups is 1. The molecule has 0 bridgehead atoms. The molecular weight excluding hydrogens is 422 g/mol. The molecular formula is C20H19N5O5S. The third-order valence-corrected chi connectivity index (χ3v) is 4.75. The molecule has 1 amide bonds. The number of phenols is 1. The van der Waals surface area contributed by atoms with Crippen molar-refractivity contribution in [3.8, 4) is 11.5 Å². The number of carbonyl (C=O) groups excluding carboxylic acids is 1. The van der Waals surface area contributed by atoms with Gasteiger partial charge >= 0.3 is 0 Å². The Labute approximate surface area is 182 Å². The maximum atomic E-state index is 12.9. The fourth-order valence-corrected chi connectivity index (χ4v) is 3.30. The summed E-state index contributed by atoms with van der Waals surface area (Å²) in [5.41, 5.74) is 4.55. The number of hydrogen-bond donors (Lipinski definition) is 4. The van der Waals surface area contributed by atoms with Crippen molar-refractivity contribution in [2.75, 3.05) is 7.11 Å². The van der Waals surface area contributed by atoms with Crippen molar-refractivity contribution in [3.05, 3.63) is 75.0 Å². The molecule has 31 heavy (non-hydrogen) atoms. The normalized spacial score (nSPS) is 15.9. The van der Waals surface area contributed by atoms with Crippen LogP contribution in [0.4, 0.5) is 5.69 Å². The maximum absolute atomic E-state index is 12.9. The van der Waals surface area contributed by atoms with Crippen LogP contribution in [0.15, 0.2) is 58.8 Å². The highest BCUT2D eigenvalue weighted by Crippen LogP contribution is 2.33. The molecule has 2 aromatic rings. The molecule has 1 aliphatic heterocycles. The van der Waals surface area contributed by atoms with Crippen molar-refractivity contribution in [3.63, 3.8) is 0 Å². The minimum Gasteiger partial charge on any atom is -0.504 e. The van der Waals surface area contributed by atoms with Gasteiger partial charge in [0.25, 0.3) is 11.6 Å². The van der Waals surface area contributed by atoms with Gasteiger partial charge in [-0.1, -0.05) is 6.07 Å². The Hall–Kier alpha value is -3.99. The van der Waals surface area contributed by atoms with Crippen LogP contribution >= 0.6 is 12.2 Å². The molecule has 0 aromatic heterocycles. The molecule has 1 aliphatic rings. The highest BCUT2D eigenvalue weighted by Gasteiger charge is 2.30. The van der Waals surface area contributed by atoms with Gasteiger partial charge in [0.15, 0.2) is 16.6 Å². The maximum Gasteiger partial charge on any atom is 0.271 e. The summed E-state index contributed by atoms with van der Waals surface area (Å²) in [5, 5.41) is 30.8. The van der Waals surface area contributed by atoms with Crippen LogP contribution in [0.1, 0.15) is 24.1 Å². The SMILES string of the molecule is COc1cc(C2NC(=S)NC(C)=C2C(=O)N/N=C/c2ccc([N+](=O)[O-])cc2)ccc1O. The lowest BCUT2D eigenvalue weighted by molar-refractivity contribution is -0.384. The number of aromatic hydroxyl groups is 1. The molecule has 1 heterocycles. The third-order valence-electron chi connectivity index (χ3n) is 4.53. The molecule has 11 heteroatoms. The van der Waals surface area contributed by atoms with Gasteiger partial charge in [0.05, 0.1) is 29.9 Å². The number of hydrogen-bond acceptors (Lipinski definition) is 7. The van der Waals surface area contributed by atoms with E-state index in [1.165, 1.54) is 43.7 Å². The fourth-order valence-electron chi connectivity index (χ4n) is 3.03. The van der Waals surface area contributed by atoms with Crippen molar-refractivity contribution in [1.29, 1.82) is 0 Å².